The molecule has 1 aliphatic heterocycles. The van der Waals surface area contributed by atoms with E-state index in [9.17, 15) is 0 Å². The number of ether oxygens (including phenoxy) is 1. The molecule has 0 spiro atoms. The lowest BCUT2D eigenvalue weighted by Gasteiger charge is -2.22. The minimum atomic E-state index is -0.280. The van der Waals surface area contributed by atoms with Gasteiger partial charge in [0.1, 0.15) is 0 Å². The van der Waals surface area contributed by atoms with E-state index in [4.69, 9.17) is 15.7 Å². The third kappa shape index (κ3) is 5.62. The molecule has 0 amide bonds. The Morgan fingerprint density at radius 3 is 2.54 bits per heavy atom. The average Bonchev–Trinajstić information content (AvgIpc) is 2.22. The van der Waals surface area contributed by atoms with Gasteiger partial charge in [0.25, 0.3) is 0 Å². The van der Waals surface area contributed by atoms with Gasteiger partial charge in [0.05, 0.1) is 12.1 Å². The van der Waals surface area contributed by atoms with Crippen LogP contribution in [-0.4, -0.2) is 19.3 Å². The maximum atomic E-state index is 8.46. The van der Waals surface area contributed by atoms with Gasteiger partial charge in [-0.15, -0.1) is 0 Å². The number of nitrogens with two attached hydrogens (primary N) is 1. The van der Waals surface area contributed by atoms with Crippen molar-refractivity contribution in [2.45, 2.75) is 39.2 Å². The smallest absolute Gasteiger partial charge is 0.0930 e. The van der Waals surface area contributed by atoms with E-state index in [-0.39, 0.29) is 7.47 Å². The molecule has 1 unspecified atom stereocenters. The lowest BCUT2D eigenvalue weighted by Crippen LogP contribution is -2.25. The molecule has 2 N–H and O–H groups in total. The Bertz CT molecular complexity index is 153. The van der Waals surface area contributed by atoms with E-state index >= 15 is 0 Å². The molecule has 0 aromatic carbocycles. The van der Waals surface area contributed by atoms with Gasteiger partial charge in [-0.1, -0.05) is 13.8 Å². The largest absolute Gasteiger partial charge is 0.381 e. The molecule has 1 atom stereocenters. The summed E-state index contributed by atoms with van der Waals surface area (Å²) < 4.78 is 5.19. The molecule has 13 heavy (non-hydrogen) atoms. The van der Waals surface area contributed by atoms with Gasteiger partial charge < -0.3 is 10.5 Å². The van der Waals surface area contributed by atoms with Crippen LogP contribution in [0.2, 0.25) is 0 Å². The molecule has 0 bridgehead atoms. The summed E-state index contributed by atoms with van der Waals surface area (Å²) in [7, 11) is 0. The van der Waals surface area contributed by atoms with E-state index in [1.54, 1.807) is 0 Å². The van der Waals surface area contributed by atoms with Crippen molar-refractivity contribution in [3.05, 3.63) is 0 Å². The zero-order chi connectivity index (χ0) is 10.1. The Kier molecular flexibility index (Phi) is 7.66. The summed E-state index contributed by atoms with van der Waals surface area (Å²) in [5.41, 5.74) is 5.50. The third-order valence-corrected chi connectivity index (χ3v) is 2.09. The van der Waals surface area contributed by atoms with Crippen LogP contribution in [0.1, 0.15) is 34.5 Å². The zero-order valence-electron chi connectivity index (χ0n) is 8.62. The summed E-state index contributed by atoms with van der Waals surface area (Å²) in [6, 6.07) is 1.77. The first-order valence-corrected chi connectivity index (χ1v) is 5.06. The highest BCUT2D eigenvalue weighted by molar-refractivity contribution is 4.88. The van der Waals surface area contributed by atoms with Crippen LogP contribution < -0.4 is 5.73 Å². The van der Waals surface area contributed by atoms with E-state index in [2.05, 4.69) is 0 Å². The fourth-order valence-corrected chi connectivity index (χ4v) is 1.39. The maximum Gasteiger partial charge on any atom is 0.0930 e. The Balaban J connectivity index is 0. The highest BCUT2D eigenvalue weighted by atomic mass is 16.5. The summed E-state index contributed by atoms with van der Waals surface area (Å²) in [6.07, 6.45) is 2.96. The summed E-state index contributed by atoms with van der Waals surface area (Å²) in [5.74, 6) is 0.610. The van der Waals surface area contributed by atoms with Crippen molar-refractivity contribution in [3.63, 3.8) is 0 Å². The monoisotopic (exact) mass is 186 g/mol. The molecule has 3 heteroatoms. The van der Waals surface area contributed by atoms with E-state index in [1.165, 1.54) is 0 Å². The second-order valence-electron chi connectivity index (χ2n) is 3.03. The quantitative estimate of drug-likeness (QED) is 0.716. The van der Waals surface area contributed by atoms with Crippen LogP contribution in [0.25, 0.3) is 0 Å². The normalized spacial score (nSPS) is 19.5. The van der Waals surface area contributed by atoms with Crippen LogP contribution >= 0.6 is 0 Å². The van der Waals surface area contributed by atoms with Crippen LogP contribution in [0.15, 0.2) is 0 Å². The predicted molar refractivity (Wildman–Crippen MR) is 55.2 cm³/mol. The van der Waals surface area contributed by atoms with Gasteiger partial charge in [-0.2, -0.15) is 5.26 Å². The van der Waals surface area contributed by atoms with Crippen molar-refractivity contribution < 1.29 is 6.16 Å². The van der Waals surface area contributed by atoms with Crippen LogP contribution in [0, 0.1) is 17.2 Å². The van der Waals surface area contributed by atoms with Gasteiger partial charge in [-0.25, -0.2) is 0 Å². The summed E-state index contributed by atoms with van der Waals surface area (Å²) in [5, 5.41) is 8.46. The third-order valence-electron chi connectivity index (χ3n) is 2.09. The van der Waals surface area contributed by atoms with Gasteiger partial charge in [0.2, 0.25) is 0 Å². The van der Waals surface area contributed by atoms with E-state index in [1.807, 2.05) is 19.9 Å². The number of nitriles is 1. The molecule has 1 aliphatic rings. The number of rotatable bonds is 2. The van der Waals surface area contributed by atoms with Crippen molar-refractivity contribution in [2.75, 3.05) is 13.2 Å². The van der Waals surface area contributed by atoms with Gasteiger partial charge in [0.15, 0.2) is 0 Å². The zero-order valence-corrected chi connectivity index (χ0v) is 8.62. The summed E-state index contributed by atoms with van der Waals surface area (Å²) >= 11 is 0. The van der Waals surface area contributed by atoms with Crippen LogP contribution in [0.4, 0.5) is 0 Å². The Labute approximate surface area is 82.4 Å². The molecule has 1 rings (SSSR count). The van der Waals surface area contributed by atoms with Gasteiger partial charge in [-0.3, -0.25) is 0 Å². The average molecular weight is 186 g/mol. The topological polar surface area (TPSA) is 59.0 Å². The summed E-state index contributed by atoms with van der Waals surface area (Å²) in [6.45, 7) is 5.67. The molecule has 0 aromatic rings. The fourth-order valence-electron chi connectivity index (χ4n) is 1.39. The first kappa shape index (κ1) is 12.4. The fraction of sp³-hybridized carbons (Fsp3) is 0.900. The summed E-state index contributed by atoms with van der Waals surface area (Å²) in [4.78, 5) is 0. The van der Waals surface area contributed by atoms with Gasteiger partial charge in [-0.05, 0) is 25.2 Å². The lowest BCUT2D eigenvalue weighted by molar-refractivity contribution is 0.0632. The lowest BCUT2D eigenvalue weighted by atomic mass is 9.93. The van der Waals surface area contributed by atoms with Gasteiger partial charge >= 0.3 is 0 Å². The van der Waals surface area contributed by atoms with Gasteiger partial charge in [0, 0.05) is 14.6 Å². The molecule has 1 fully saturated rings. The molecule has 3 nitrogen and oxygen atoms in total. The van der Waals surface area contributed by atoms with Crippen LogP contribution in [0.5, 0.6) is 0 Å². The standard InChI is InChI=1S/C8H14N2O.C2H6.H2/c9-6-8(10)5-7-1-3-11-4-2-7;1-2;/h7-8H,1-5,10H2;1-2H3;1H. The van der Waals surface area contributed by atoms with Crippen molar-refractivity contribution in [3.8, 4) is 6.07 Å². The van der Waals surface area contributed by atoms with E-state index < -0.39 is 0 Å². The number of hydrogen-bond acceptors (Lipinski definition) is 3. The first-order valence-electron chi connectivity index (χ1n) is 5.06. The minimum absolute atomic E-state index is 0. The predicted octanol–water partition coefficient (Wildman–Crippen LogP) is 1.93. The molecule has 78 valence electrons. The highest BCUT2D eigenvalue weighted by Gasteiger charge is 2.16. The first-order chi connectivity index (χ1) is 6.33. The second-order valence-corrected chi connectivity index (χ2v) is 3.03. The molecular weight excluding hydrogens is 164 g/mol. The molecular formula is C10H22N2O. The molecule has 0 radical (unpaired) electrons. The SMILES string of the molecule is CC.N#CC(N)CC1CCOCC1.[HH]. The second kappa shape index (κ2) is 8.03. The van der Waals surface area contributed by atoms with E-state index in [0.29, 0.717) is 5.92 Å². The molecule has 0 saturated carbocycles. The number of hydrogen-bond donors (Lipinski definition) is 1. The Hall–Kier alpha value is -0.590. The number of nitrogens with zero attached hydrogens (tertiary/aromatic N) is 1. The van der Waals surface area contributed by atoms with Crippen molar-refractivity contribution in [2.24, 2.45) is 11.7 Å². The van der Waals surface area contributed by atoms with Crippen molar-refractivity contribution in [1.29, 1.82) is 5.26 Å². The highest BCUT2D eigenvalue weighted by Crippen LogP contribution is 2.18. The Morgan fingerprint density at radius 1 is 1.54 bits per heavy atom. The molecule has 1 heterocycles. The van der Waals surface area contributed by atoms with Crippen molar-refractivity contribution in [1.82, 2.24) is 0 Å². The van der Waals surface area contributed by atoms with Crippen molar-refractivity contribution >= 4 is 0 Å². The van der Waals surface area contributed by atoms with E-state index in [0.717, 1.165) is 32.5 Å². The maximum absolute atomic E-state index is 8.46. The Morgan fingerprint density at radius 2 is 2.08 bits per heavy atom. The molecule has 1 saturated heterocycles. The van der Waals surface area contributed by atoms with Crippen LogP contribution in [-0.2, 0) is 4.74 Å². The van der Waals surface area contributed by atoms with Crippen LogP contribution in [0.3, 0.4) is 0 Å². The minimum Gasteiger partial charge on any atom is -0.381 e. The molecule has 0 aromatic heterocycles. The molecule has 0 aliphatic carbocycles.